The van der Waals surface area contributed by atoms with Gasteiger partial charge in [-0.25, -0.2) is 14.4 Å². The molecule has 0 heterocycles. The number of aliphatic imine (C=N–C) groups is 2. The summed E-state index contributed by atoms with van der Waals surface area (Å²) in [6, 6.07) is 6.16. The van der Waals surface area contributed by atoms with Crippen LogP contribution < -0.4 is 10.6 Å². The van der Waals surface area contributed by atoms with Gasteiger partial charge in [0.15, 0.2) is 0 Å². The molecule has 0 radical (unpaired) electrons. The SMILES string of the molecule is Cc1c(N=C=O)cc(Br)cc1NC(=O)Nc1cc(Br)cc(N=C=O)c1C. The van der Waals surface area contributed by atoms with Gasteiger partial charge in [0.05, 0.1) is 11.4 Å². The molecule has 0 aliphatic heterocycles. The summed E-state index contributed by atoms with van der Waals surface area (Å²) >= 11 is 6.61. The fourth-order valence-corrected chi connectivity index (χ4v) is 3.09. The Bertz CT molecular complexity index is 901. The Kier molecular flexibility index (Phi) is 6.60. The summed E-state index contributed by atoms with van der Waals surface area (Å²) in [5.74, 6) is 0. The second-order valence-corrected chi connectivity index (χ2v) is 7.01. The number of halogens is 2. The van der Waals surface area contributed by atoms with E-state index >= 15 is 0 Å². The van der Waals surface area contributed by atoms with Gasteiger partial charge in [-0.1, -0.05) is 31.9 Å². The van der Waals surface area contributed by atoms with E-state index in [1.807, 2.05) is 0 Å². The van der Waals surface area contributed by atoms with Crippen molar-refractivity contribution < 1.29 is 14.4 Å². The number of nitrogens with one attached hydrogen (secondary N) is 2. The molecular weight excluding hydrogens is 468 g/mol. The van der Waals surface area contributed by atoms with Crippen molar-refractivity contribution in [1.82, 2.24) is 0 Å². The van der Waals surface area contributed by atoms with Gasteiger partial charge < -0.3 is 10.6 Å². The van der Waals surface area contributed by atoms with E-state index in [0.29, 0.717) is 42.8 Å². The molecule has 0 aromatic heterocycles. The van der Waals surface area contributed by atoms with Gasteiger partial charge in [0.2, 0.25) is 12.2 Å². The molecule has 0 saturated carbocycles. The second kappa shape index (κ2) is 8.69. The average molecular weight is 480 g/mol. The molecule has 2 aromatic carbocycles. The molecule has 7 nitrogen and oxygen atoms in total. The number of rotatable bonds is 4. The number of nitrogens with zero attached hydrogens (tertiary/aromatic N) is 2. The summed E-state index contributed by atoms with van der Waals surface area (Å²) in [5.41, 5.74) is 2.97. The Morgan fingerprint density at radius 1 is 0.846 bits per heavy atom. The van der Waals surface area contributed by atoms with Crippen molar-refractivity contribution in [2.24, 2.45) is 9.98 Å². The van der Waals surface area contributed by atoms with Gasteiger partial charge in [-0.2, -0.15) is 9.98 Å². The third-order valence-corrected chi connectivity index (χ3v) is 4.43. The molecule has 0 bridgehead atoms. The Labute approximate surface area is 165 Å². The Balaban J connectivity index is 2.30. The van der Waals surface area contributed by atoms with Crippen molar-refractivity contribution in [3.05, 3.63) is 44.3 Å². The minimum absolute atomic E-state index is 0.394. The van der Waals surface area contributed by atoms with E-state index in [2.05, 4.69) is 52.5 Å². The molecule has 0 spiro atoms. The van der Waals surface area contributed by atoms with Crippen molar-refractivity contribution in [2.75, 3.05) is 10.6 Å². The van der Waals surface area contributed by atoms with Gasteiger partial charge in [-0.3, -0.25) is 0 Å². The van der Waals surface area contributed by atoms with Crippen LogP contribution >= 0.6 is 31.9 Å². The maximum Gasteiger partial charge on any atom is 0.323 e. The van der Waals surface area contributed by atoms with Crippen LogP contribution in [0, 0.1) is 13.8 Å². The minimum atomic E-state index is -0.505. The largest absolute Gasteiger partial charge is 0.323 e. The highest BCUT2D eigenvalue weighted by Gasteiger charge is 2.12. The van der Waals surface area contributed by atoms with Crippen molar-refractivity contribution in [1.29, 1.82) is 0 Å². The normalized spacial score (nSPS) is 9.69. The Morgan fingerprint density at radius 2 is 1.23 bits per heavy atom. The van der Waals surface area contributed by atoms with Crippen molar-refractivity contribution in [2.45, 2.75) is 13.8 Å². The van der Waals surface area contributed by atoms with E-state index in [-0.39, 0.29) is 0 Å². The molecule has 0 saturated heterocycles. The average Bonchev–Trinajstić information content (AvgIpc) is 2.56. The molecule has 2 N–H and O–H groups in total. The van der Waals surface area contributed by atoms with Gasteiger partial charge in [-0.05, 0) is 49.2 Å². The number of urea groups is 1. The molecule has 0 aliphatic carbocycles. The van der Waals surface area contributed by atoms with Crippen molar-refractivity contribution >= 4 is 72.8 Å². The number of carbonyl (C=O) groups excluding carboxylic acids is 3. The monoisotopic (exact) mass is 478 g/mol. The van der Waals surface area contributed by atoms with E-state index in [4.69, 9.17) is 0 Å². The minimum Gasteiger partial charge on any atom is -0.307 e. The Hall–Kier alpha value is -2.57. The number of isocyanates is 2. The summed E-state index contributed by atoms with van der Waals surface area (Å²) in [7, 11) is 0. The fraction of sp³-hybridized carbons (Fsp3) is 0.118. The molecule has 9 heteroatoms. The van der Waals surface area contributed by atoms with Crippen molar-refractivity contribution in [3.8, 4) is 0 Å². The van der Waals surface area contributed by atoms with Gasteiger partial charge in [0, 0.05) is 20.3 Å². The van der Waals surface area contributed by atoms with Crippen LogP contribution in [0.5, 0.6) is 0 Å². The predicted octanol–water partition coefficient (Wildman–Crippen LogP) is 5.41. The van der Waals surface area contributed by atoms with Crippen molar-refractivity contribution in [3.63, 3.8) is 0 Å². The summed E-state index contributed by atoms with van der Waals surface area (Å²) in [6.07, 6.45) is 2.97. The molecule has 2 aromatic rings. The lowest BCUT2D eigenvalue weighted by Gasteiger charge is -2.14. The van der Waals surface area contributed by atoms with Crippen LogP contribution in [-0.4, -0.2) is 18.2 Å². The van der Waals surface area contributed by atoms with Crippen LogP contribution in [0.15, 0.2) is 43.2 Å². The first-order valence-corrected chi connectivity index (χ1v) is 8.78. The van der Waals surface area contributed by atoms with E-state index in [9.17, 15) is 14.4 Å². The highest BCUT2D eigenvalue weighted by atomic mass is 79.9. The standard InChI is InChI=1S/C17H12Br2N4O3/c1-9-13(20-7-24)3-11(18)5-15(9)22-17(26)23-16-6-12(19)4-14(10(16)2)21-8-25/h3-6H,1-2H3,(H2,22,23,26). The lowest BCUT2D eigenvalue weighted by atomic mass is 10.1. The molecular formula is C17H12Br2N4O3. The maximum absolute atomic E-state index is 12.4. The molecule has 26 heavy (non-hydrogen) atoms. The topological polar surface area (TPSA) is 100.0 Å². The van der Waals surface area contributed by atoms with Crippen LogP contribution in [0.4, 0.5) is 27.5 Å². The molecule has 0 atom stereocenters. The van der Waals surface area contributed by atoms with E-state index in [1.54, 1.807) is 38.1 Å². The first-order chi connectivity index (χ1) is 12.3. The summed E-state index contributed by atoms with van der Waals surface area (Å²) in [4.78, 5) is 40.6. The van der Waals surface area contributed by atoms with Crippen LogP contribution in [0.1, 0.15) is 11.1 Å². The summed E-state index contributed by atoms with van der Waals surface area (Å²) in [6.45, 7) is 3.44. The van der Waals surface area contributed by atoms with Gasteiger partial charge >= 0.3 is 6.03 Å². The number of benzene rings is 2. The van der Waals surface area contributed by atoms with Crippen LogP contribution in [0.2, 0.25) is 0 Å². The number of carbonyl (C=O) groups is 1. The van der Waals surface area contributed by atoms with Gasteiger partial charge in [0.1, 0.15) is 0 Å². The number of anilines is 2. The highest BCUT2D eigenvalue weighted by Crippen LogP contribution is 2.32. The maximum atomic E-state index is 12.4. The molecule has 0 aliphatic rings. The van der Waals surface area contributed by atoms with Crippen LogP contribution in [0.25, 0.3) is 0 Å². The number of hydrogen-bond acceptors (Lipinski definition) is 5. The van der Waals surface area contributed by atoms with E-state index < -0.39 is 6.03 Å². The lowest BCUT2D eigenvalue weighted by molar-refractivity contribution is 0.262. The molecule has 0 fully saturated rings. The van der Waals surface area contributed by atoms with E-state index in [1.165, 1.54) is 12.2 Å². The fourth-order valence-electron chi connectivity index (χ4n) is 2.20. The molecule has 2 rings (SSSR count). The third-order valence-electron chi connectivity index (χ3n) is 3.52. The number of amides is 2. The van der Waals surface area contributed by atoms with E-state index in [0.717, 1.165) is 0 Å². The Morgan fingerprint density at radius 3 is 1.58 bits per heavy atom. The molecule has 2 amide bonds. The predicted molar refractivity (Wildman–Crippen MR) is 106 cm³/mol. The van der Waals surface area contributed by atoms with Gasteiger partial charge in [0.25, 0.3) is 0 Å². The quantitative estimate of drug-likeness (QED) is 0.453. The molecule has 0 unspecified atom stereocenters. The molecule has 132 valence electrons. The first-order valence-electron chi connectivity index (χ1n) is 7.19. The summed E-state index contributed by atoms with van der Waals surface area (Å²) < 4.78 is 1.29. The van der Waals surface area contributed by atoms with Gasteiger partial charge in [-0.15, -0.1) is 0 Å². The van der Waals surface area contributed by atoms with Crippen LogP contribution in [0.3, 0.4) is 0 Å². The van der Waals surface area contributed by atoms with Crippen LogP contribution in [-0.2, 0) is 9.59 Å². The smallest absolute Gasteiger partial charge is 0.307 e. The number of hydrogen-bond donors (Lipinski definition) is 2. The highest BCUT2D eigenvalue weighted by molar-refractivity contribution is 9.10. The first kappa shape index (κ1) is 19.8. The summed E-state index contributed by atoms with van der Waals surface area (Å²) in [5, 5.41) is 5.41. The lowest BCUT2D eigenvalue weighted by Crippen LogP contribution is -2.20. The zero-order valence-corrected chi connectivity index (χ0v) is 16.9. The zero-order valence-electron chi connectivity index (χ0n) is 13.7. The second-order valence-electron chi connectivity index (χ2n) is 5.18. The third kappa shape index (κ3) is 4.74. The zero-order chi connectivity index (χ0) is 19.3.